The van der Waals surface area contributed by atoms with Crippen LogP contribution in [-0.2, 0) is 0 Å². The van der Waals surface area contributed by atoms with Crippen LogP contribution in [0.3, 0.4) is 0 Å². The van der Waals surface area contributed by atoms with Crippen molar-refractivity contribution in [3.05, 3.63) is 28.8 Å². The van der Waals surface area contributed by atoms with Gasteiger partial charge >= 0.3 is 0 Å². The quantitative estimate of drug-likeness (QED) is 0.774. The Hall–Kier alpha value is -0.420. The van der Waals surface area contributed by atoms with Crippen molar-refractivity contribution in [2.24, 2.45) is 11.7 Å². The molecule has 1 aromatic carbocycles. The number of carbonyl (C=O) groups is 1. The Morgan fingerprint density at radius 1 is 1.41 bits per heavy atom. The lowest BCUT2D eigenvalue weighted by molar-refractivity contribution is 0.0915. The van der Waals surface area contributed by atoms with Gasteiger partial charge in [-0.3, -0.25) is 4.79 Å². The van der Waals surface area contributed by atoms with Gasteiger partial charge in [0, 0.05) is 17.5 Å². The van der Waals surface area contributed by atoms with E-state index in [4.69, 9.17) is 17.3 Å². The molecule has 6 heteroatoms. The van der Waals surface area contributed by atoms with E-state index in [0.717, 1.165) is 17.7 Å². The molecule has 1 unspecified atom stereocenters. The standard InChI is InChI=1S/C16H23ClN2OS.ClH/c1-21-12-7-8-14(17)13(9-12)16(20)19-15(10-18)11-5-3-2-4-6-11;/h7-9,11,15H,2-6,10,18H2,1H3,(H,19,20);1H. The van der Waals surface area contributed by atoms with Crippen LogP contribution in [0.2, 0.25) is 5.02 Å². The normalized spacial score (nSPS) is 16.7. The number of carbonyl (C=O) groups excluding carboxylic acids is 1. The Kier molecular flexibility index (Phi) is 8.62. The van der Waals surface area contributed by atoms with Crippen LogP contribution in [0.5, 0.6) is 0 Å². The number of hydrogen-bond donors (Lipinski definition) is 2. The van der Waals surface area contributed by atoms with Crippen LogP contribution in [-0.4, -0.2) is 24.7 Å². The molecular weight excluding hydrogens is 339 g/mol. The molecule has 3 N–H and O–H groups in total. The molecule has 2 rings (SSSR count). The highest BCUT2D eigenvalue weighted by atomic mass is 35.5. The number of amides is 1. The molecule has 0 spiro atoms. The molecule has 0 saturated heterocycles. The van der Waals surface area contributed by atoms with Crippen molar-refractivity contribution in [3.8, 4) is 0 Å². The van der Waals surface area contributed by atoms with Crippen molar-refractivity contribution in [1.82, 2.24) is 5.32 Å². The third-order valence-electron chi connectivity index (χ3n) is 4.21. The van der Waals surface area contributed by atoms with E-state index in [2.05, 4.69) is 5.32 Å². The number of benzene rings is 1. The fourth-order valence-corrected chi connectivity index (χ4v) is 3.60. The van der Waals surface area contributed by atoms with Crippen LogP contribution in [0.4, 0.5) is 0 Å². The summed E-state index contributed by atoms with van der Waals surface area (Å²) in [6, 6.07) is 5.59. The molecule has 1 amide bonds. The Balaban J connectivity index is 0.00000242. The van der Waals surface area contributed by atoms with Gasteiger partial charge < -0.3 is 11.1 Å². The lowest BCUT2D eigenvalue weighted by atomic mass is 9.84. The molecule has 22 heavy (non-hydrogen) atoms. The van der Waals surface area contributed by atoms with Crippen molar-refractivity contribution in [2.75, 3.05) is 12.8 Å². The van der Waals surface area contributed by atoms with E-state index in [1.807, 2.05) is 18.4 Å². The highest BCUT2D eigenvalue weighted by Crippen LogP contribution is 2.27. The third-order valence-corrected chi connectivity index (χ3v) is 5.26. The van der Waals surface area contributed by atoms with E-state index < -0.39 is 0 Å². The lowest BCUT2D eigenvalue weighted by Crippen LogP contribution is -2.46. The van der Waals surface area contributed by atoms with Crippen LogP contribution in [0.15, 0.2) is 23.1 Å². The Morgan fingerprint density at radius 2 is 2.09 bits per heavy atom. The number of rotatable bonds is 5. The summed E-state index contributed by atoms with van der Waals surface area (Å²) in [4.78, 5) is 13.5. The summed E-state index contributed by atoms with van der Waals surface area (Å²) in [6.07, 6.45) is 8.06. The summed E-state index contributed by atoms with van der Waals surface area (Å²) >= 11 is 7.76. The second-order valence-electron chi connectivity index (χ2n) is 5.56. The molecule has 1 atom stereocenters. The van der Waals surface area contributed by atoms with Gasteiger partial charge in [0.15, 0.2) is 0 Å². The first-order valence-corrected chi connectivity index (χ1v) is 9.10. The average Bonchev–Trinajstić information content (AvgIpc) is 2.53. The Morgan fingerprint density at radius 3 is 2.68 bits per heavy atom. The average molecular weight is 363 g/mol. The topological polar surface area (TPSA) is 55.1 Å². The van der Waals surface area contributed by atoms with E-state index in [0.29, 0.717) is 23.0 Å². The molecule has 0 radical (unpaired) electrons. The van der Waals surface area contributed by atoms with Crippen molar-refractivity contribution < 1.29 is 4.79 Å². The van der Waals surface area contributed by atoms with Crippen molar-refractivity contribution in [1.29, 1.82) is 0 Å². The van der Waals surface area contributed by atoms with E-state index >= 15 is 0 Å². The monoisotopic (exact) mass is 362 g/mol. The molecule has 1 saturated carbocycles. The zero-order chi connectivity index (χ0) is 15.2. The largest absolute Gasteiger partial charge is 0.348 e. The molecule has 1 aromatic rings. The van der Waals surface area contributed by atoms with E-state index in [9.17, 15) is 4.79 Å². The molecule has 124 valence electrons. The van der Waals surface area contributed by atoms with Gasteiger partial charge in [-0.2, -0.15) is 0 Å². The molecule has 1 aliphatic carbocycles. The molecular formula is C16H24Cl2N2OS. The minimum absolute atomic E-state index is 0. The first kappa shape index (κ1) is 19.6. The SMILES string of the molecule is CSc1ccc(Cl)c(C(=O)NC(CN)C2CCCCC2)c1.Cl. The van der Waals surface area contributed by atoms with E-state index in [-0.39, 0.29) is 24.4 Å². The molecule has 3 nitrogen and oxygen atoms in total. The van der Waals surface area contributed by atoms with Gasteiger partial charge in [0.2, 0.25) is 0 Å². The minimum Gasteiger partial charge on any atom is -0.348 e. The maximum absolute atomic E-state index is 12.5. The molecule has 1 fully saturated rings. The molecule has 0 bridgehead atoms. The van der Waals surface area contributed by atoms with Crippen molar-refractivity contribution in [3.63, 3.8) is 0 Å². The number of hydrogen-bond acceptors (Lipinski definition) is 3. The van der Waals surface area contributed by atoms with Gasteiger partial charge in [-0.05, 0) is 43.2 Å². The van der Waals surface area contributed by atoms with Crippen LogP contribution in [0, 0.1) is 5.92 Å². The molecule has 0 aromatic heterocycles. The van der Waals surface area contributed by atoms with Crippen LogP contribution in [0.1, 0.15) is 42.5 Å². The molecule has 0 heterocycles. The highest BCUT2D eigenvalue weighted by Gasteiger charge is 2.25. The molecule has 1 aliphatic rings. The van der Waals surface area contributed by atoms with E-state index in [1.54, 1.807) is 17.8 Å². The summed E-state index contributed by atoms with van der Waals surface area (Å²) in [6.45, 7) is 0.482. The van der Waals surface area contributed by atoms with Gasteiger partial charge in [0.05, 0.1) is 10.6 Å². The zero-order valence-electron chi connectivity index (χ0n) is 12.8. The van der Waals surface area contributed by atoms with Crippen LogP contribution in [0.25, 0.3) is 0 Å². The van der Waals surface area contributed by atoms with Gasteiger partial charge in [-0.15, -0.1) is 24.2 Å². The third kappa shape index (κ3) is 5.05. The fraction of sp³-hybridized carbons (Fsp3) is 0.562. The maximum Gasteiger partial charge on any atom is 0.253 e. The number of halogens is 2. The summed E-state index contributed by atoms with van der Waals surface area (Å²) < 4.78 is 0. The van der Waals surface area contributed by atoms with Gasteiger partial charge in [0.1, 0.15) is 0 Å². The van der Waals surface area contributed by atoms with Crippen molar-refractivity contribution in [2.45, 2.75) is 43.0 Å². The number of nitrogens with one attached hydrogen (secondary N) is 1. The van der Waals surface area contributed by atoms with E-state index in [1.165, 1.54) is 19.3 Å². The smallest absolute Gasteiger partial charge is 0.253 e. The first-order chi connectivity index (χ1) is 10.2. The second kappa shape index (κ2) is 9.66. The van der Waals surface area contributed by atoms with Gasteiger partial charge in [-0.1, -0.05) is 30.9 Å². The second-order valence-corrected chi connectivity index (χ2v) is 6.85. The first-order valence-electron chi connectivity index (χ1n) is 7.50. The predicted octanol–water partition coefficient (Wildman–Crippen LogP) is 4.12. The predicted molar refractivity (Wildman–Crippen MR) is 97.4 cm³/mol. The Labute approximate surface area is 148 Å². The number of nitrogens with two attached hydrogens (primary N) is 1. The van der Waals surface area contributed by atoms with Crippen LogP contribution < -0.4 is 11.1 Å². The summed E-state index contributed by atoms with van der Waals surface area (Å²) in [7, 11) is 0. The Bertz CT molecular complexity index is 493. The molecule has 0 aliphatic heterocycles. The van der Waals surface area contributed by atoms with Crippen molar-refractivity contribution >= 4 is 41.7 Å². The zero-order valence-corrected chi connectivity index (χ0v) is 15.2. The maximum atomic E-state index is 12.5. The minimum atomic E-state index is -0.114. The summed E-state index contributed by atoms with van der Waals surface area (Å²) in [5.41, 5.74) is 6.41. The van der Waals surface area contributed by atoms with Crippen LogP contribution >= 0.6 is 35.8 Å². The van der Waals surface area contributed by atoms with Gasteiger partial charge in [0.25, 0.3) is 5.91 Å². The highest BCUT2D eigenvalue weighted by molar-refractivity contribution is 7.98. The van der Waals surface area contributed by atoms with Gasteiger partial charge in [-0.25, -0.2) is 0 Å². The summed E-state index contributed by atoms with van der Waals surface area (Å²) in [5, 5.41) is 3.58. The fourth-order valence-electron chi connectivity index (χ4n) is 2.96. The summed E-state index contributed by atoms with van der Waals surface area (Å²) in [5.74, 6) is 0.382. The lowest BCUT2D eigenvalue weighted by Gasteiger charge is -2.30. The number of thioether (sulfide) groups is 1.